The van der Waals surface area contributed by atoms with Crippen LogP contribution in [0.1, 0.15) is 73.7 Å². The van der Waals surface area contributed by atoms with E-state index in [9.17, 15) is 24.9 Å². The van der Waals surface area contributed by atoms with Crippen LogP contribution in [0.15, 0.2) is 144 Å². The number of pyridine rings is 1. The summed E-state index contributed by atoms with van der Waals surface area (Å²) in [5.41, 5.74) is 8.50. The van der Waals surface area contributed by atoms with Crippen LogP contribution in [0, 0.1) is 18.8 Å². The molecule has 16 nitrogen and oxygen atoms in total. The van der Waals surface area contributed by atoms with Crippen LogP contribution in [0.2, 0.25) is 0 Å². The number of urea groups is 1. The fourth-order valence-electron chi connectivity index (χ4n) is 9.86. The Morgan fingerprint density at radius 2 is 1.46 bits per heavy atom. The monoisotopic (exact) mass is 1030 g/mol. The second-order valence-corrected chi connectivity index (χ2v) is 20.3. The zero-order chi connectivity index (χ0) is 54.0. The molecule has 398 valence electrons. The van der Waals surface area contributed by atoms with Gasteiger partial charge in [-0.3, -0.25) is 24.4 Å². The van der Waals surface area contributed by atoms with Gasteiger partial charge in [-0.25, -0.2) is 19.7 Å². The number of anilines is 3. The standard InChI is InChI=1S/C60H72N10O6/c1-8-40(5)54(58(75)62-9-2)55(56(73)49-34-48(39(3)4)52(71)35-53(49)72)44-17-13-42(14-18-44)38-68-29-31-69(32-30-68)60(76)70(59-63-24-22-50(65-59)46-11-10-23-61-36-46)51-33-47(21-12-41(51)6)64-57(74)45-19-15-43(16-20-45)37-67-27-25-66(7)26-28-67/h10-24,33-36,39,49,53,71-73H,8-9,25-32,37-38H2,1-7H3,(H,62,75)(H,64,74)/b54-40-,56-55-. The number of aryl methyl sites for hydroxylation is 1. The number of allylic oxidation sites excluding steroid dienone is 2. The van der Waals surface area contributed by atoms with Gasteiger partial charge in [-0.1, -0.05) is 74.9 Å². The number of benzene rings is 3. The second-order valence-electron chi connectivity index (χ2n) is 20.3. The predicted molar refractivity (Wildman–Crippen MR) is 299 cm³/mol. The first kappa shape index (κ1) is 54.8. The molecular formula is C60H72N10O6. The first-order valence-corrected chi connectivity index (χ1v) is 26.4. The van der Waals surface area contributed by atoms with Crippen molar-refractivity contribution in [1.82, 2.24) is 39.9 Å². The van der Waals surface area contributed by atoms with E-state index in [1.807, 2.05) is 114 Å². The molecular weight excluding hydrogens is 957 g/mol. The zero-order valence-corrected chi connectivity index (χ0v) is 44.8. The maximum Gasteiger partial charge on any atom is 0.331 e. The summed E-state index contributed by atoms with van der Waals surface area (Å²) in [7, 11) is 2.14. The lowest BCUT2D eigenvalue weighted by Gasteiger charge is -2.37. The zero-order valence-electron chi connectivity index (χ0n) is 44.8. The molecule has 2 aliphatic heterocycles. The Morgan fingerprint density at radius 3 is 2.07 bits per heavy atom. The number of likely N-dealkylation sites (N-methyl/N-ethyl adjacent to an activating group) is 2. The van der Waals surface area contributed by atoms with Crippen molar-refractivity contribution in [3.8, 4) is 11.3 Å². The van der Waals surface area contributed by atoms with Crippen molar-refractivity contribution in [1.29, 1.82) is 0 Å². The Labute approximate surface area is 446 Å². The maximum absolute atomic E-state index is 15.0. The summed E-state index contributed by atoms with van der Waals surface area (Å²) >= 11 is 0. The van der Waals surface area contributed by atoms with E-state index in [-0.39, 0.29) is 41.2 Å². The molecule has 2 atom stereocenters. The molecule has 0 spiro atoms. The predicted octanol–water partition coefficient (Wildman–Crippen LogP) is 9.07. The first-order chi connectivity index (χ1) is 36.6. The number of nitrogens with one attached hydrogen (secondary N) is 2. The van der Waals surface area contributed by atoms with Crippen molar-refractivity contribution in [3.63, 3.8) is 0 Å². The number of aromatic nitrogens is 3. The Kier molecular flexibility index (Phi) is 17.9. The van der Waals surface area contributed by atoms with Crippen molar-refractivity contribution in [3.05, 3.63) is 172 Å². The minimum atomic E-state index is -1.22. The summed E-state index contributed by atoms with van der Waals surface area (Å²) in [5, 5.41) is 40.0. The number of rotatable bonds is 16. The second kappa shape index (κ2) is 24.9. The van der Waals surface area contributed by atoms with E-state index >= 15 is 4.79 Å². The Hall–Kier alpha value is -7.50. The van der Waals surface area contributed by atoms with Gasteiger partial charge in [0, 0.05) is 119 Å². The van der Waals surface area contributed by atoms with Gasteiger partial charge in [0.05, 0.1) is 23.4 Å². The van der Waals surface area contributed by atoms with E-state index in [4.69, 9.17) is 4.98 Å². The fraction of sp³-hybridized carbons (Fsp3) is 0.367. The van der Waals surface area contributed by atoms with Gasteiger partial charge in [-0.05, 0) is 117 Å². The van der Waals surface area contributed by atoms with E-state index in [0.29, 0.717) is 90.6 Å². The minimum absolute atomic E-state index is 0.0263. The van der Waals surface area contributed by atoms with Crippen LogP contribution >= 0.6 is 0 Å². The minimum Gasteiger partial charge on any atom is -0.511 e. The summed E-state index contributed by atoms with van der Waals surface area (Å²) in [4.78, 5) is 66.8. The van der Waals surface area contributed by atoms with E-state index in [0.717, 1.165) is 60.6 Å². The van der Waals surface area contributed by atoms with Gasteiger partial charge in [0.1, 0.15) is 11.5 Å². The lowest BCUT2D eigenvalue weighted by atomic mass is 9.82. The van der Waals surface area contributed by atoms with Crippen LogP contribution in [0.5, 0.6) is 0 Å². The average molecular weight is 1030 g/mol. The molecule has 0 radical (unpaired) electrons. The molecule has 2 saturated heterocycles. The highest BCUT2D eigenvalue weighted by molar-refractivity contribution is 6.10. The Balaban J connectivity index is 1.01. The van der Waals surface area contributed by atoms with Gasteiger partial charge in [0.2, 0.25) is 5.95 Å². The molecule has 0 bridgehead atoms. The third-order valence-electron chi connectivity index (χ3n) is 14.5. The summed E-state index contributed by atoms with van der Waals surface area (Å²) in [5.74, 6) is -1.58. The summed E-state index contributed by atoms with van der Waals surface area (Å²) in [6.45, 7) is 19.3. The highest BCUT2D eigenvalue weighted by Crippen LogP contribution is 2.38. The van der Waals surface area contributed by atoms with Gasteiger partial charge < -0.3 is 35.8 Å². The molecule has 2 unspecified atom stereocenters. The largest absolute Gasteiger partial charge is 0.511 e. The van der Waals surface area contributed by atoms with Crippen molar-refractivity contribution < 1.29 is 29.7 Å². The Morgan fingerprint density at radius 1 is 0.816 bits per heavy atom. The van der Waals surface area contributed by atoms with Crippen LogP contribution in [0.4, 0.5) is 22.1 Å². The van der Waals surface area contributed by atoms with Crippen molar-refractivity contribution in [2.45, 2.75) is 67.2 Å². The highest BCUT2D eigenvalue weighted by atomic mass is 16.3. The third-order valence-corrected chi connectivity index (χ3v) is 14.5. The summed E-state index contributed by atoms with van der Waals surface area (Å²) in [6, 6.07) is 26.2. The van der Waals surface area contributed by atoms with Gasteiger partial charge in [0.15, 0.2) is 0 Å². The van der Waals surface area contributed by atoms with Gasteiger partial charge >= 0.3 is 6.03 Å². The first-order valence-electron chi connectivity index (χ1n) is 26.4. The molecule has 2 fully saturated rings. The van der Waals surface area contributed by atoms with Gasteiger partial charge in [-0.15, -0.1) is 0 Å². The maximum atomic E-state index is 15.0. The van der Waals surface area contributed by atoms with Crippen molar-refractivity contribution in [2.24, 2.45) is 11.8 Å². The topological polar surface area (TPSA) is 191 Å². The molecule has 4 heterocycles. The molecule has 3 aromatic carbocycles. The molecule has 1 aliphatic carbocycles. The fourth-order valence-corrected chi connectivity index (χ4v) is 9.86. The molecule has 2 aromatic heterocycles. The quantitative estimate of drug-likeness (QED) is 0.0359. The van der Waals surface area contributed by atoms with E-state index < -0.39 is 12.0 Å². The Bertz CT molecular complexity index is 2990. The molecule has 16 heteroatoms. The number of aliphatic hydroxyl groups excluding tert-OH is 3. The number of carbonyl (C=O) groups is 3. The van der Waals surface area contributed by atoms with E-state index in [1.54, 1.807) is 41.7 Å². The number of aliphatic hydroxyl groups is 3. The van der Waals surface area contributed by atoms with E-state index in [2.05, 4.69) is 42.3 Å². The van der Waals surface area contributed by atoms with Gasteiger partial charge in [0.25, 0.3) is 11.8 Å². The van der Waals surface area contributed by atoms with E-state index in [1.165, 1.54) is 11.0 Å². The highest BCUT2D eigenvalue weighted by Gasteiger charge is 2.34. The average Bonchev–Trinajstić information content (AvgIpc) is 3.43. The summed E-state index contributed by atoms with van der Waals surface area (Å²) < 4.78 is 0. The molecule has 5 aromatic rings. The van der Waals surface area contributed by atoms with Crippen LogP contribution in [-0.2, 0) is 17.9 Å². The number of piperazine rings is 2. The van der Waals surface area contributed by atoms with Crippen molar-refractivity contribution in [2.75, 3.05) is 76.2 Å². The molecule has 4 amide bonds. The normalized spacial score (nSPS) is 18.3. The van der Waals surface area contributed by atoms with Crippen LogP contribution in [-0.4, -0.2) is 140 Å². The summed E-state index contributed by atoms with van der Waals surface area (Å²) in [6.07, 6.45) is 7.41. The molecule has 0 saturated carbocycles. The number of amides is 4. The van der Waals surface area contributed by atoms with Crippen LogP contribution in [0.3, 0.4) is 0 Å². The van der Waals surface area contributed by atoms with Crippen LogP contribution in [0.25, 0.3) is 16.8 Å². The lowest BCUT2D eigenvalue weighted by molar-refractivity contribution is -0.117. The molecule has 8 rings (SSSR count). The molecule has 5 N–H and O–H groups in total. The molecule has 3 aliphatic rings. The van der Waals surface area contributed by atoms with Crippen molar-refractivity contribution >= 4 is 40.7 Å². The number of hydrogen-bond acceptors (Lipinski definition) is 12. The van der Waals surface area contributed by atoms with Gasteiger partial charge in [-0.2, -0.15) is 0 Å². The number of hydrogen-bond donors (Lipinski definition) is 5. The smallest absolute Gasteiger partial charge is 0.331 e. The molecule has 76 heavy (non-hydrogen) atoms. The number of nitrogens with zero attached hydrogens (tertiary/aromatic N) is 8. The SMILES string of the molecule is CCNC(=O)C(=C(/C)CC)/C(=C(\O)C1C=C(C(C)C)C(O)=CC1O)c1ccc(CN2CCN(C(=O)N(c3nccc(-c4cccnc4)n3)c3cc(NC(=O)c4ccc(CN5CCN(C)CC5)cc4)ccc3C)CC2)cc1. The lowest BCUT2D eigenvalue weighted by Crippen LogP contribution is -2.52. The van der Waals surface area contributed by atoms with Crippen LogP contribution < -0.4 is 15.5 Å². The number of carbonyl (C=O) groups excluding carboxylic acids is 3. The third kappa shape index (κ3) is 12.9.